The van der Waals surface area contributed by atoms with E-state index in [1.807, 2.05) is 31.2 Å². The maximum Gasteiger partial charge on any atom is 0.329 e. The summed E-state index contributed by atoms with van der Waals surface area (Å²) in [7, 11) is 0. The molecule has 0 aromatic heterocycles. The molecule has 0 saturated heterocycles. The van der Waals surface area contributed by atoms with Crippen LogP contribution in [0, 0.1) is 6.92 Å². The molecule has 0 unspecified atom stereocenters. The SMILES string of the molecule is Cc1ccc(CNC(=O)C(=O)N/N=C\c2cc(Cl)ccc2OCC(=O)[O-])cc1. The highest BCUT2D eigenvalue weighted by molar-refractivity contribution is 6.35. The van der Waals surface area contributed by atoms with E-state index in [2.05, 4.69) is 15.8 Å². The standard InChI is InChI=1S/C19H18ClN3O5/c1-12-2-4-13(5-3-12)9-21-18(26)19(27)23-22-10-14-8-15(20)6-7-16(14)28-11-17(24)25/h2-8,10H,9,11H2,1H3,(H,21,26)(H,23,27)(H,24,25)/p-1/b22-10-. The molecule has 0 aliphatic heterocycles. The van der Waals surface area contributed by atoms with Crippen LogP contribution in [-0.4, -0.2) is 30.6 Å². The van der Waals surface area contributed by atoms with Gasteiger partial charge in [0.25, 0.3) is 0 Å². The van der Waals surface area contributed by atoms with Gasteiger partial charge in [0.2, 0.25) is 0 Å². The lowest BCUT2D eigenvalue weighted by Crippen LogP contribution is -2.37. The van der Waals surface area contributed by atoms with E-state index in [4.69, 9.17) is 16.3 Å². The predicted molar refractivity (Wildman–Crippen MR) is 101 cm³/mol. The lowest BCUT2D eigenvalue weighted by Gasteiger charge is -2.09. The van der Waals surface area contributed by atoms with Gasteiger partial charge >= 0.3 is 11.8 Å². The topological polar surface area (TPSA) is 120 Å². The minimum Gasteiger partial charge on any atom is -0.546 e. The molecule has 0 radical (unpaired) electrons. The van der Waals surface area contributed by atoms with E-state index in [9.17, 15) is 19.5 Å². The molecular weight excluding hydrogens is 386 g/mol. The fourth-order valence-corrected chi connectivity index (χ4v) is 2.25. The second-order valence-corrected chi connectivity index (χ2v) is 6.15. The van der Waals surface area contributed by atoms with Gasteiger partial charge in [-0.3, -0.25) is 9.59 Å². The van der Waals surface area contributed by atoms with E-state index in [0.717, 1.165) is 11.1 Å². The van der Waals surface area contributed by atoms with E-state index in [-0.39, 0.29) is 12.3 Å². The number of ether oxygens (including phenoxy) is 1. The molecule has 2 N–H and O–H groups in total. The second kappa shape index (κ2) is 10.1. The summed E-state index contributed by atoms with van der Waals surface area (Å²) in [6.07, 6.45) is 1.18. The molecule has 0 aliphatic rings. The van der Waals surface area contributed by atoms with E-state index in [1.54, 1.807) is 0 Å². The van der Waals surface area contributed by atoms with Gasteiger partial charge in [-0.25, -0.2) is 5.43 Å². The zero-order chi connectivity index (χ0) is 20.5. The number of hydrazone groups is 1. The van der Waals surface area contributed by atoms with Crippen LogP contribution in [0.4, 0.5) is 0 Å². The van der Waals surface area contributed by atoms with Crippen LogP contribution >= 0.6 is 11.6 Å². The summed E-state index contributed by atoms with van der Waals surface area (Å²) < 4.78 is 5.05. The summed E-state index contributed by atoms with van der Waals surface area (Å²) in [6, 6.07) is 11.9. The summed E-state index contributed by atoms with van der Waals surface area (Å²) in [6.45, 7) is 1.49. The molecule has 0 bridgehead atoms. The molecule has 0 spiro atoms. The average Bonchev–Trinajstić information content (AvgIpc) is 2.66. The molecule has 0 fully saturated rings. The number of hydrogen-bond acceptors (Lipinski definition) is 6. The Kier molecular flexibility index (Phi) is 7.53. The highest BCUT2D eigenvalue weighted by atomic mass is 35.5. The number of halogens is 1. The first-order valence-corrected chi connectivity index (χ1v) is 8.52. The molecule has 146 valence electrons. The van der Waals surface area contributed by atoms with Gasteiger partial charge < -0.3 is 20.0 Å². The zero-order valence-corrected chi connectivity index (χ0v) is 15.7. The molecule has 2 aromatic rings. The number of aliphatic carboxylic acids is 1. The van der Waals surface area contributed by atoms with Gasteiger partial charge in [0, 0.05) is 17.1 Å². The van der Waals surface area contributed by atoms with E-state index >= 15 is 0 Å². The Morgan fingerprint density at radius 2 is 1.86 bits per heavy atom. The van der Waals surface area contributed by atoms with Gasteiger partial charge in [-0.2, -0.15) is 5.10 Å². The fourth-order valence-electron chi connectivity index (χ4n) is 2.07. The summed E-state index contributed by atoms with van der Waals surface area (Å²) in [5, 5.41) is 17.0. The zero-order valence-electron chi connectivity index (χ0n) is 14.9. The third kappa shape index (κ3) is 6.73. The summed E-state index contributed by atoms with van der Waals surface area (Å²) in [4.78, 5) is 34.1. The second-order valence-electron chi connectivity index (χ2n) is 5.71. The third-order valence-electron chi connectivity index (χ3n) is 3.47. The fraction of sp³-hybridized carbons (Fsp3) is 0.158. The number of nitrogens with one attached hydrogen (secondary N) is 2. The first-order chi connectivity index (χ1) is 13.3. The van der Waals surface area contributed by atoms with E-state index in [0.29, 0.717) is 10.6 Å². The van der Waals surface area contributed by atoms with Gasteiger partial charge in [0.05, 0.1) is 12.2 Å². The van der Waals surface area contributed by atoms with Gasteiger partial charge in [-0.05, 0) is 30.7 Å². The van der Waals surface area contributed by atoms with Crippen LogP contribution < -0.4 is 20.6 Å². The first-order valence-electron chi connectivity index (χ1n) is 8.14. The summed E-state index contributed by atoms with van der Waals surface area (Å²) in [5.41, 5.74) is 4.33. The van der Waals surface area contributed by atoms with Crippen molar-refractivity contribution in [2.75, 3.05) is 6.61 Å². The molecule has 8 nitrogen and oxygen atoms in total. The van der Waals surface area contributed by atoms with Crippen molar-refractivity contribution >= 4 is 35.6 Å². The molecule has 2 rings (SSSR count). The lowest BCUT2D eigenvalue weighted by molar-refractivity contribution is -0.307. The van der Waals surface area contributed by atoms with Gasteiger partial charge in [0.15, 0.2) is 0 Å². The molecule has 2 amide bonds. The van der Waals surface area contributed by atoms with Crippen molar-refractivity contribution in [3.63, 3.8) is 0 Å². The number of carboxylic acids is 1. The van der Waals surface area contributed by atoms with Gasteiger partial charge in [-0.15, -0.1) is 0 Å². The van der Waals surface area contributed by atoms with Crippen molar-refractivity contribution in [1.82, 2.24) is 10.7 Å². The Bertz CT molecular complexity index is 897. The van der Waals surface area contributed by atoms with Crippen molar-refractivity contribution in [2.45, 2.75) is 13.5 Å². The maximum atomic E-state index is 11.8. The molecule has 28 heavy (non-hydrogen) atoms. The number of benzene rings is 2. The van der Waals surface area contributed by atoms with Gasteiger partial charge in [0.1, 0.15) is 12.4 Å². The number of rotatable bonds is 7. The Labute approximate surface area is 166 Å². The van der Waals surface area contributed by atoms with Crippen LogP contribution in [0.1, 0.15) is 16.7 Å². The van der Waals surface area contributed by atoms with Crippen molar-refractivity contribution in [2.24, 2.45) is 5.10 Å². The highest BCUT2D eigenvalue weighted by Crippen LogP contribution is 2.21. The van der Waals surface area contributed by atoms with Crippen LogP contribution in [0.2, 0.25) is 5.02 Å². The number of carbonyl (C=O) groups is 3. The normalized spacial score (nSPS) is 10.5. The van der Waals surface area contributed by atoms with Crippen molar-refractivity contribution in [3.05, 3.63) is 64.2 Å². The number of carbonyl (C=O) groups excluding carboxylic acids is 3. The largest absolute Gasteiger partial charge is 0.546 e. The van der Waals surface area contributed by atoms with Crippen LogP contribution in [0.5, 0.6) is 5.75 Å². The van der Waals surface area contributed by atoms with Gasteiger partial charge in [-0.1, -0.05) is 41.4 Å². The van der Waals surface area contributed by atoms with Crippen LogP contribution in [-0.2, 0) is 20.9 Å². The molecule has 0 saturated carbocycles. The average molecular weight is 403 g/mol. The first kappa shape index (κ1) is 20.9. The lowest BCUT2D eigenvalue weighted by atomic mass is 10.1. The summed E-state index contributed by atoms with van der Waals surface area (Å²) >= 11 is 5.88. The van der Waals surface area contributed by atoms with E-state index in [1.165, 1.54) is 24.4 Å². The van der Waals surface area contributed by atoms with Crippen molar-refractivity contribution in [1.29, 1.82) is 0 Å². The number of carboxylic acid groups (broad SMARTS) is 1. The highest BCUT2D eigenvalue weighted by Gasteiger charge is 2.12. The number of hydrogen-bond donors (Lipinski definition) is 2. The molecule has 9 heteroatoms. The number of amides is 2. The molecule has 0 aliphatic carbocycles. The minimum atomic E-state index is -1.39. The number of nitrogens with zero attached hydrogens (tertiary/aromatic N) is 1. The summed E-state index contributed by atoms with van der Waals surface area (Å²) in [5.74, 6) is -3.02. The Morgan fingerprint density at radius 1 is 1.14 bits per heavy atom. The number of aryl methyl sites for hydroxylation is 1. The van der Waals surface area contributed by atoms with Crippen LogP contribution in [0.25, 0.3) is 0 Å². The minimum absolute atomic E-state index is 0.176. The van der Waals surface area contributed by atoms with Crippen LogP contribution in [0.3, 0.4) is 0 Å². The Hall–Kier alpha value is -3.39. The quantitative estimate of drug-likeness (QED) is 0.398. The maximum absolute atomic E-state index is 11.8. The van der Waals surface area contributed by atoms with E-state index < -0.39 is 24.4 Å². The Morgan fingerprint density at radius 3 is 2.54 bits per heavy atom. The van der Waals surface area contributed by atoms with Crippen LogP contribution in [0.15, 0.2) is 47.6 Å². The third-order valence-corrected chi connectivity index (χ3v) is 3.70. The van der Waals surface area contributed by atoms with Crippen molar-refractivity contribution < 1.29 is 24.2 Å². The predicted octanol–water partition coefficient (Wildman–Crippen LogP) is 0.544. The molecule has 0 atom stereocenters. The van der Waals surface area contributed by atoms with Crippen molar-refractivity contribution in [3.8, 4) is 5.75 Å². The molecular formula is C19H17ClN3O5-. The monoisotopic (exact) mass is 402 g/mol. The Balaban J connectivity index is 1.91. The molecule has 2 aromatic carbocycles. The molecule has 0 heterocycles. The smallest absolute Gasteiger partial charge is 0.329 e.